The molecule has 3 N–H and O–H groups in total. The van der Waals surface area contributed by atoms with Crippen molar-refractivity contribution >= 4 is 64.2 Å². The summed E-state index contributed by atoms with van der Waals surface area (Å²) in [7, 11) is 0. The van der Waals surface area contributed by atoms with Gasteiger partial charge < -0.3 is 10.4 Å². The number of carboxylic acid groups (broad SMARTS) is 1. The number of thiocarbonyl (C=S) groups is 1. The first-order valence-corrected chi connectivity index (χ1v) is 9.46. The molecule has 0 unspecified atom stereocenters. The number of hydrogen-bond donors (Lipinski definition) is 3. The smallest absolute Gasteiger partial charge is 0.337 e. The fourth-order valence-electron chi connectivity index (χ4n) is 2.33. The van der Waals surface area contributed by atoms with E-state index in [4.69, 9.17) is 35.4 Å². The average molecular weight is 437 g/mol. The maximum absolute atomic E-state index is 12.1. The van der Waals surface area contributed by atoms with Crippen LogP contribution in [0, 0.1) is 0 Å². The van der Waals surface area contributed by atoms with Crippen molar-refractivity contribution in [2.45, 2.75) is 19.8 Å². The quantitative estimate of drug-likeness (QED) is 0.435. The van der Waals surface area contributed by atoms with Crippen LogP contribution in [0.15, 0.2) is 42.5 Å². The minimum atomic E-state index is -1.23. The van der Waals surface area contributed by atoms with E-state index in [-0.39, 0.29) is 26.4 Å². The van der Waals surface area contributed by atoms with Gasteiger partial charge >= 0.3 is 5.97 Å². The zero-order valence-corrected chi connectivity index (χ0v) is 17.5. The Morgan fingerprint density at radius 2 is 1.79 bits per heavy atom. The van der Waals surface area contributed by atoms with Gasteiger partial charge in [-0.1, -0.05) is 61.3 Å². The standard InChI is InChI=1S/C20H18Cl2N2O3S/c1-11(2)13-6-3-12(4-7-13)5-8-17(25)23-20(28)24-18-15(19(26)27)9-14(21)10-16(18)22/h3-11H,1-2H3,(H,26,27)(H2,23,24,25,28). The summed E-state index contributed by atoms with van der Waals surface area (Å²) in [4.78, 5) is 23.4. The fourth-order valence-corrected chi connectivity index (χ4v) is 3.07. The van der Waals surface area contributed by atoms with Gasteiger partial charge in [0, 0.05) is 11.1 Å². The molecule has 0 fully saturated rings. The Hall–Kier alpha value is -2.41. The van der Waals surface area contributed by atoms with E-state index in [0.717, 1.165) is 5.56 Å². The highest BCUT2D eigenvalue weighted by Crippen LogP contribution is 2.30. The second-order valence-electron chi connectivity index (χ2n) is 6.21. The van der Waals surface area contributed by atoms with Crippen molar-refractivity contribution < 1.29 is 14.7 Å². The van der Waals surface area contributed by atoms with E-state index < -0.39 is 11.9 Å². The molecule has 0 saturated carbocycles. The monoisotopic (exact) mass is 436 g/mol. The lowest BCUT2D eigenvalue weighted by Crippen LogP contribution is -2.33. The van der Waals surface area contributed by atoms with Crippen molar-refractivity contribution in [1.29, 1.82) is 0 Å². The molecule has 28 heavy (non-hydrogen) atoms. The third-order valence-electron chi connectivity index (χ3n) is 3.79. The van der Waals surface area contributed by atoms with Crippen LogP contribution in [0.1, 0.15) is 41.3 Å². The number of halogens is 2. The highest BCUT2D eigenvalue weighted by Gasteiger charge is 2.16. The number of carbonyl (C=O) groups excluding carboxylic acids is 1. The van der Waals surface area contributed by atoms with Crippen LogP contribution in [0.3, 0.4) is 0 Å². The molecule has 2 rings (SSSR count). The minimum Gasteiger partial charge on any atom is -0.478 e. The summed E-state index contributed by atoms with van der Waals surface area (Å²) in [6.07, 6.45) is 2.99. The molecule has 2 aromatic carbocycles. The van der Waals surface area contributed by atoms with E-state index in [1.165, 1.54) is 23.8 Å². The van der Waals surface area contributed by atoms with Gasteiger partial charge in [-0.25, -0.2) is 4.79 Å². The fraction of sp³-hybridized carbons (Fsp3) is 0.150. The first-order valence-electron chi connectivity index (χ1n) is 8.29. The lowest BCUT2D eigenvalue weighted by molar-refractivity contribution is -0.115. The second-order valence-corrected chi connectivity index (χ2v) is 7.47. The molecule has 2 aromatic rings. The molecular formula is C20H18Cl2N2O3S. The van der Waals surface area contributed by atoms with Gasteiger partial charge in [0.25, 0.3) is 0 Å². The number of amides is 1. The van der Waals surface area contributed by atoms with Gasteiger partial charge in [0.15, 0.2) is 5.11 Å². The number of benzene rings is 2. The zero-order valence-electron chi connectivity index (χ0n) is 15.1. The summed E-state index contributed by atoms with van der Waals surface area (Å²) >= 11 is 16.9. The largest absolute Gasteiger partial charge is 0.478 e. The molecule has 0 heterocycles. The molecule has 8 heteroatoms. The number of carbonyl (C=O) groups is 2. The second kappa shape index (κ2) is 9.68. The summed E-state index contributed by atoms with van der Waals surface area (Å²) in [5.74, 6) is -1.27. The molecule has 0 aromatic heterocycles. The lowest BCUT2D eigenvalue weighted by atomic mass is 10.0. The van der Waals surface area contributed by atoms with Gasteiger partial charge in [0.05, 0.1) is 16.3 Å². The van der Waals surface area contributed by atoms with Crippen LogP contribution in [0.5, 0.6) is 0 Å². The van der Waals surface area contributed by atoms with Crippen LogP contribution >= 0.6 is 35.4 Å². The summed E-state index contributed by atoms with van der Waals surface area (Å²) in [5.41, 5.74) is 1.97. The maximum atomic E-state index is 12.1. The lowest BCUT2D eigenvalue weighted by Gasteiger charge is -2.13. The van der Waals surface area contributed by atoms with Crippen LogP contribution in [0.25, 0.3) is 6.08 Å². The highest BCUT2D eigenvalue weighted by atomic mass is 35.5. The van der Waals surface area contributed by atoms with E-state index in [2.05, 4.69) is 24.5 Å². The number of nitrogens with one attached hydrogen (secondary N) is 2. The van der Waals surface area contributed by atoms with Gasteiger partial charge in [-0.3, -0.25) is 10.1 Å². The van der Waals surface area contributed by atoms with Crippen molar-refractivity contribution in [3.63, 3.8) is 0 Å². The summed E-state index contributed by atoms with van der Waals surface area (Å²) in [6.45, 7) is 4.21. The third-order valence-corrected chi connectivity index (χ3v) is 4.51. The number of rotatable bonds is 5. The van der Waals surface area contributed by atoms with Crippen molar-refractivity contribution in [3.05, 3.63) is 69.2 Å². The molecule has 0 spiro atoms. The third kappa shape index (κ3) is 6.05. The van der Waals surface area contributed by atoms with Crippen molar-refractivity contribution in [1.82, 2.24) is 5.32 Å². The zero-order chi connectivity index (χ0) is 20.8. The van der Waals surface area contributed by atoms with Crippen molar-refractivity contribution in [2.24, 2.45) is 0 Å². The Labute approximate surface area is 178 Å². The molecule has 0 saturated heterocycles. The highest BCUT2D eigenvalue weighted by molar-refractivity contribution is 7.80. The Morgan fingerprint density at radius 1 is 1.14 bits per heavy atom. The van der Waals surface area contributed by atoms with Gasteiger partial charge in [0.2, 0.25) is 5.91 Å². The minimum absolute atomic E-state index is 0.0529. The van der Waals surface area contributed by atoms with Crippen LogP contribution in [0.2, 0.25) is 10.0 Å². The number of anilines is 1. The molecule has 0 radical (unpaired) electrons. The molecule has 0 bridgehead atoms. The Bertz CT molecular complexity index is 941. The predicted octanol–water partition coefficient (Wildman–Crippen LogP) is 5.34. The van der Waals surface area contributed by atoms with Gasteiger partial charge in [-0.05, 0) is 47.5 Å². The number of carboxylic acids is 1. The normalized spacial score (nSPS) is 10.9. The van der Waals surface area contributed by atoms with Gasteiger partial charge in [-0.2, -0.15) is 0 Å². The average Bonchev–Trinajstić information content (AvgIpc) is 2.62. The van der Waals surface area contributed by atoms with Crippen LogP contribution in [-0.2, 0) is 4.79 Å². The predicted molar refractivity (Wildman–Crippen MR) is 117 cm³/mol. The van der Waals surface area contributed by atoms with Gasteiger partial charge in [0.1, 0.15) is 0 Å². The van der Waals surface area contributed by atoms with Crippen LogP contribution in [-0.4, -0.2) is 22.1 Å². The number of aromatic carboxylic acids is 1. The first-order chi connectivity index (χ1) is 13.2. The Morgan fingerprint density at radius 3 is 2.36 bits per heavy atom. The molecule has 1 amide bonds. The SMILES string of the molecule is CC(C)c1ccc(C=CC(=O)NC(=S)Nc2c(Cl)cc(Cl)cc2C(=O)O)cc1. The van der Waals surface area contributed by atoms with Crippen molar-refractivity contribution in [2.75, 3.05) is 5.32 Å². The van der Waals surface area contributed by atoms with Crippen LogP contribution < -0.4 is 10.6 Å². The molecule has 146 valence electrons. The topological polar surface area (TPSA) is 78.4 Å². The van der Waals surface area contributed by atoms with E-state index >= 15 is 0 Å². The molecule has 0 aliphatic rings. The molecule has 0 aliphatic carbocycles. The van der Waals surface area contributed by atoms with E-state index in [1.807, 2.05) is 24.3 Å². The first kappa shape index (κ1) is 21.9. The Balaban J connectivity index is 2.03. The summed E-state index contributed by atoms with van der Waals surface area (Å²) < 4.78 is 0. The maximum Gasteiger partial charge on any atom is 0.337 e. The molecule has 5 nitrogen and oxygen atoms in total. The summed E-state index contributed by atoms with van der Waals surface area (Å²) in [6, 6.07) is 10.5. The van der Waals surface area contributed by atoms with E-state index in [1.54, 1.807) is 6.08 Å². The van der Waals surface area contributed by atoms with Crippen molar-refractivity contribution in [3.8, 4) is 0 Å². The van der Waals surface area contributed by atoms with Crippen LogP contribution in [0.4, 0.5) is 5.69 Å². The Kier molecular flexibility index (Phi) is 7.57. The summed E-state index contributed by atoms with van der Waals surface area (Å²) in [5, 5.41) is 14.5. The molecule has 0 atom stereocenters. The molecular weight excluding hydrogens is 419 g/mol. The van der Waals surface area contributed by atoms with Gasteiger partial charge in [-0.15, -0.1) is 0 Å². The van der Waals surface area contributed by atoms with E-state index in [9.17, 15) is 14.7 Å². The molecule has 0 aliphatic heterocycles. The van der Waals surface area contributed by atoms with E-state index in [0.29, 0.717) is 5.92 Å². The number of hydrogen-bond acceptors (Lipinski definition) is 3.